The Morgan fingerprint density at radius 2 is 0.967 bits per heavy atom. The Morgan fingerprint density at radius 1 is 0.467 bits per heavy atom. The number of carboxylic acids is 3. The zero-order valence-electron chi connectivity index (χ0n) is 36.0. The molecule has 17 nitrogen and oxygen atoms in total. The smallest absolute Gasteiger partial charge is 0.677 e. The molecular weight excluding hydrogens is 854 g/mol. The van der Waals surface area contributed by atoms with Crippen LogP contribution < -0.4 is 21.3 Å². The van der Waals surface area contributed by atoms with Gasteiger partial charge in [0.05, 0.1) is 12.0 Å². The number of carbonyl (C=O) groups excluding carboxylic acids is 5. The van der Waals surface area contributed by atoms with Crippen molar-refractivity contribution in [2.75, 3.05) is 26.2 Å². The first-order valence-corrected chi connectivity index (χ1v) is 20.4. The van der Waals surface area contributed by atoms with Gasteiger partial charge in [0, 0.05) is 51.6 Å². The van der Waals surface area contributed by atoms with Gasteiger partial charge in [-0.15, -0.1) is 0 Å². The molecule has 60 heavy (non-hydrogen) atoms. The fourth-order valence-corrected chi connectivity index (χ4v) is 6.01. The summed E-state index contributed by atoms with van der Waals surface area (Å²) in [6.45, 7) is 1.36. The van der Waals surface area contributed by atoms with E-state index in [0.29, 0.717) is 116 Å². The number of unbranched alkanes of at least 4 members (excludes halogenated alkanes) is 10. The van der Waals surface area contributed by atoms with Crippen molar-refractivity contribution >= 4 is 47.3 Å². The van der Waals surface area contributed by atoms with Crippen molar-refractivity contribution in [1.29, 1.82) is 0 Å². The Labute approximate surface area is 382 Å². The van der Waals surface area contributed by atoms with Crippen LogP contribution in [0.4, 0.5) is 4.79 Å². The van der Waals surface area contributed by atoms with Crippen molar-refractivity contribution < 1.29 is 90.8 Å². The molecule has 0 saturated carbocycles. The maximum absolute atomic E-state index is 12.9. The Bertz CT molecular complexity index is 1200. The van der Waals surface area contributed by atoms with Crippen molar-refractivity contribution in [3.05, 3.63) is 26.3 Å². The Kier molecular flexibility index (Phi) is 48.6. The molecule has 0 saturated heterocycles. The summed E-state index contributed by atoms with van der Waals surface area (Å²) in [6, 6.07) is -2.57. The molecule has 0 aliphatic carbocycles. The summed E-state index contributed by atoms with van der Waals surface area (Å²) in [5, 5.41) is 37.9. The maximum Gasteiger partial charge on any atom is 2.00 e. The molecule has 0 aliphatic heterocycles. The largest absolute Gasteiger partial charge is 2.00 e. The number of urea groups is 1. The van der Waals surface area contributed by atoms with Crippen LogP contribution in [0.15, 0.2) is 0 Å². The van der Waals surface area contributed by atoms with E-state index in [9.17, 15) is 43.5 Å². The first-order valence-electron chi connectivity index (χ1n) is 20.4. The van der Waals surface area contributed by atoms with Gasteiger partial charge in [-0.3, -0.25) is 28.8 Å². The maximum atomic E-state index is 12.9. The predicted octanol–water partition coefficient (Wildman–Crippen LogP) is 6.63. The molecule has 0 aliphatic rings. The van der Waals surface area contributed by atoms with Crippen LogP contribution in [0.1, 0.15) is 154 Å². The molecule has 2 unspecified atom stereocenters. The van der Waals surface area contributed by atoms with Gasteiger partial charge in [0.1, 0.15) is 11.8 Å². The number of amides is 4. The molecule has 19 heteroatoms. The van der Waals surface area contributed by atoms with E-state index in [0.717, 1.165) is 25.7 Å². The summed E-state index contributed by atoms with van der Waals surface area (Å²) in [7, 11) is 0. The van der Waals surface area contributed by atoms with Gasteiger partial charge in [0.15, 0.2) is 5.78 Å². The molecule has 0 aromatic carbocycles. The first kappa shape index (κ1) is 66.2. The van der Waals surface area contributed by atoms with Gasteiger partial charge in [-0.05, 0) is 64.2 Å². The average molecular weight is 929 g/mol. The van der Waals surface area contributed by atoms with E-state index in [1.54, 1.807) is 0 Å². The third-order valence-corrected chi connectivity index (χ3v) is 9.34. The minimum absolute atomic E-state index is 0. The third-order valence-electron chi connectivity index (χ3n) is 9.34. The second-order valence-corrected chi connectivity index (χ2v) is 14.3. The monoisotopic (exact) mass is 928 g/mol. The molecule has 4 amide bonds. The second-order valence-electron chi connectivity index (χ2n) is 14.3. The van der Waals surface area contributed by atoms with Gasteiger partial charge >= 0.3 is 61.1 Å². The summed E-state index contributed by atoms with van der Waals surface area (Å²) in [4.78, 5) is 95.3. The molecule has 344 valence electrons. The van der Waals surface area contributed by atoms with Crippen LogP contribution >= 0.6 is 0 Å². The predicted molar refractivity (Wildman–Crippen MR) is 224 cm³/mol. The van der Waals surface area contributed by atoms with Gasteiger partial charge < -0.3 is 62.9 Å². The standard InChI is InChI=1S/C39H68N6O11.2CH3.2V/c40-24-12-4-10-21-35(49)44-31(18-11-13-25-41)33(47)19-8-3-6-16-29(37(52)53)28-30(46)17-7-1-2-9-20-34(48)42-26-14-5-15-27-43-39(56)45-32(38(54)55)22-23-36(50)51;;;;/h29,31-32,40-41H,1-28H2,(H,42,48)(H,44,49)(H,50,51)(H,52,53)(H,54,55)(H2,43,45,56);2*1H3;;/q-2;2*-1;2*+2/t29?,31?,32-;;;;/m0..../s1. The summed E-state index contributed by atoms with van der Waals surface area (Å²) >= 11 is 0. The van der Waals surface area contributed by atoms with Crippen LogP contribution in [0.5, 0.6) is 0 Å². The molecule has 0 spiro atoms. The van der Waals surface area contributed by atoms with Gasteiger partial charge in [-0.25, -0.2) is 9.59 Å². The average Bonchev–Trinajstić information content (AvgIpc) is 3.14. The normalized spacial score (nSPS) is 11.7. The van der Waals surface area contributed by atoms with E-state index in [2.05, 4.69) is 21.3 Å². The number of nitrogens with one attached hydrogen (secondary N) is 6. The molecule has 9 N–H and O–H groups in total. The summed E-state index contributed by atoms with van der Waals surface area (Å²) in [5.74, 6) is -4.67. The number of carbonyl (C=O) groups is 8. The zero-order valence-corrected chi connectivity index (χ0v) is 38.8. The quantitative estimate of drug-likeness (QED) is 0.0255. The van der Waals surface area contributed by atoms with E-state index in [-0.39, 0.29) is 114 Å². The summed E-state index contributed by atoms with van der Waals surface area (Å²) in [5.41, 5.74) is 14.5. The van der Waals surface area contributed by atoms with E-state index in [4.69, 9.17) is 21.7 Å². The fourth-order valence-electron chi connectivity index (χ4n) is 6.01. The minimum Gasteiger partial charge on any atom is -0.677 e. The second kappa shape index (κ2) is 44.1. The molecule has 0 rings (SSSR count). The van der Waals surface area contributed by atoms with E-state index in [1.165, 1.54) is 0 Å². The molecule has 0 bridgehead atoms. The number of hydrogen-bond acceptors (Lipinski definition) is 8. The van der Waals surface area contributed by atoms with Crippen LogP contribution in [-0.4, -0.2) is 101 Å². The van der Waals surface area contributed by atoms with Crippen molar-refractivity contribution in [2.45, 2.75) is 166 Å². The third kappa shape index (κ3) is 39.2. The van der Waals surface area contributed by atoms with Gasteiger partial charge in [-0.1, -0.05) is 51.4 Å². The van der Waals surface area contributed by atoms with Crippen LogP contribution in [0.25, 0.3) is 11.5 Å². The first-order chi connectivity index (χ1) is 26.8. The zero-order chi connectivity index (χ0) is 42.0. The Morgan fingerprint density at radius 3 is 1.55 bits per heavy atom. The summed E-state index contributed by atoms with van der Waals surface area (Å²) < 4.78 is 0. The Balaban J connectivity index is -0.00000252. The van der Waals surface area contributed by atoms with Gasteiger partial charge in [0.25, 0.3) is 0 Å². The van der Waals surface area contributed by atoms with Crippen molar-refractivity contribution in [3.63, 3.8) is 0 Å². The molecule has 2 radical (unpaired) electrons. The van der Waals surface area contributed by atoms with Crippen molar-refractivity contribution in [2.24, 2.45) is 5.92 Å². The minimum atomic E-state index is -1.31. The summed E-state index contributed by atoms with van der Waals surface area (Å²) in [6.07, 6.45) is 11.5. The van der Waals surface area contributed by atoms with Gasteiger partial charge in [0.2, 0.25) is 11.8 Å². The number of rotatable bonds is 38. The number of aliphatic carboxylic acids is 3. The van der Waals surface area contributed by atoms with Crippen LogP contribution in [0, 0.1) is 20.8 Å². The molecule has 0 fully saturated rings. The number of ketones is 2. The van der Waals surface area contributed by atoms with Crippen LogP contribution in [0.2, 0.25) is 0 Å². The molecule has 0 aromatic heterocycles. The number of carboxylic acid groups (broad SMARTS) is 3. The number of hydrogen-bond donors (Lipinski definition) is 7. The molecule has 0 aromatic rings. The van der Waals surface area contributed by atoms with Gasteiger partial charge in [-0.2, -0.15) is 13.1 Å². The Hall–Kier alpha value is -2.95. The molecule has 3 atom stereocenters. The molecule has 0 heterocycles. The fraction of sp³-hybridized carbons (Fsp3) is 0.756. The van der Waals surface area contributed by atoms with E-state index in [1.807, 2.05) is 0 Å². The van der Waals surface area contributed by atoms with E-state index >= 15 is 0 Å². The van der Waals surface area contributed by atoms with Crippen LogP contribution in [0.3, 0.4) is 0 Å². The topological polar surface area (TPSA) is 293 Å². The molecular formula is C41H74N6O11V2. The van der Waals surface area contributed by atoms with E-state index < -0.39 is 41.9 Å². The SMILES string of the molecule is [CH3-].[CH3-].[NH-]CCCCCC(=O)NC(CCCC[NH-])C(=O)CCCCCC(CC(=O)CCCCCCC(=O)NCCCCCNC(=O)N[C@@H](CCC(=O)O)C(=O)O)C(=O)O.[V+2].[V+2]. The number of Topliss-reactive ketones (excluding diaryl/α,β-unsaturated/α-hetero) is 2. The van der Waals surface area contributed by atoms with Crippen molar-refractivity contribution in [1.82, 2.24) is 21.3 Å². The van der Waals surface area contributed by atoms with Crippen LogP contribution in [-0.2, 0) is 70.7 Å². The van der Waals surface area contributed by atoms with Crippen molar-refractivity contribution in [3.8, 4) is 0 Å².